The van der Waals surface area contributed by atoms with Gasteiger partial charge in [0.15, 0.2) is 12.4 Å². The van der Waals surface area contributed by atoms with Gasteiger partial charge in [-0.15, -0.1) is 0 Å². The van der Waals surface area contributed by atoms with Crippen molar-refractivity contribution in [3.63, 3.8) is 0 Å². The zero-order valence-electron chi connectivity index (χ0n) is 17.3. The van der Waals surface area contributed by atoms with Crippen LogP contribution in [0.15, 0.2) is 79.0 Å². The molecule has 0 atom stereocenters. The van der Waals surface area contributed by atoms with Crippen LogP contribution in [0.1, 0.15) is 21.6 Å². The summed E-state index contributed by atoms with van der Waals surface area (Å²) in [6.07, 6.45) is 1.71. The van der Waals surface area contributed by atoms with Crippen LogP contribution in [-0.2, 0) is 6.73 Å². The van der Waals surface area contributed by atoms with E-state index in [9.17, 15) is 4.79 Å². The minimum absolute atomic E-state index is 0.194. The molecule has 1 heterocycles. The van der Waals surface area contributed by atoms with Gasteiger partial charge in [0.05, 0.1) is 0 Å². The summed E-state index contributed by atoms with van der Waals surface area (Å²) in [5, 5.41) is 7.92. The van der Waals surface area contributed by atoms with Crippen molar-refractivity contribution >= 4 is 23.2 Å². The lowest BCUT2D eigenvalue weighted by molar-refractivity contribution is 0.102. The zero-order valence-corrected chi connectivity index (χ0v) is 18.1. The molecular weight excluding hydrogens is 410 g/mol. The van der Waals surface area contributed by atoms with Gasteiger partial charge >= 0.3 is 0 Å². The highest BCUT2D eigenvalue weighted by atomic mass is 35.5. The number of rotatable bonds is 6. The van der Waals surface area contributed by atoms with Gasteiger partial charge in [0.2, 0.25) is 0 Å². The Labute approximate surface area is 186 Å². The maximum absolute atomic E-state index is 12.5. The Morgan fingerprint density at radius 3 is 2.29 bits per heavy atom. The van der Waals surface area contributed by atoms with Crippen LogP contribution in [-0.4, -0.2) is 15.7 Å². The predicted octanol–water partition coefficient (Wildman–Crippen LogP) is 6.11. The summed E-state index contributed by atoms with van der Waals surface area (Å²) in [6, 6.07) is 23.2. The number of nitrogens with zero attached hydrogens (tertiary/aromatic N) is 2. The summed E-state index contributed by atoms with van der Waals surface area (Å²) in [5.41, 5.74) is 5.16. The van der Waals surface area contributed by atoms with E-state index in [1.807, 2.05) is 68.4 Å². The predicted molar refractivity (Wildman–Crippen MR) is 124 cm³/mol. The summed E-state index contributed by atoms with van der Waals surface area (Å²) in [7, 11) is 0. The average molecular weight is 432 g/mol. The lowest BCUT2D eigenvalue weighted by Gasteiger charge is -2.10. The van der Waals surface area contributed by atoms with Crippen molar-refractivity contribution < 1.29 is 9.53 Å². The van der Waals surface area contributed by atoms with E-state index in [0.717, 1.165) is 27.3 Å². The van der Waals surface area contributed by atoms with Gasteiger partial charge in [0.25, 0.3) is 5.91 Å². The number of nitrogens with one attached hydrogen (secondary N) is 1. The lowest BCUT2D eigenvalue weighted by Crippen LogP contribution is -2.14. The first kappa shape index (κ1) is 20.7. The molecule has 0 fully saturated rings. The van der Waals surface area contributed by atoms with Crippen LogP contribution in [0.3, 0.4) is 0 Å². The highest BCUT2D eigenvalue weighted by Crippen LogP contribution is 2.26. The Bertz CT molecular complexity index is 1180. The molecule has 1 amide bonds. The monoisotopic (exact) mass is 431 g/mol. The molecule has 31 heavy (non-hydrogen) atoms. The summed E-state index contributed by atoms with van der Waals surface area (Å²) < 4.78 is 7.36. The third kappa shape index (κ3) is 4.95. The number of hydrogen-bond donors (Lipinski definition) is 1. The molecule has 1 N–H and O–H groups in total. The maximum atomic E-state index is 12.5. The normalized spacial score (nSPS) is 10.7. The molecule has 0 aliphatic carbocycles. The van der Waals surface area contributed by atoms with Crippen molar-refractivity contribution in [1.29, 1.82) is 0 Å². The fourth-order valence-corrected chi connectivity index (χ4v) is 3.37. The summed E-state index contributed by atoms with van der Waals surface area (Å²) >= 11 is 6.19. The van der Waals surface area contributed by atoms with Gasteiger partial charge < -0.3 is 10.1 Å². The number of halogens is 1. The van der Waals surface area contributed by atoms with Crippen molar-refractivity contribution in [3.8, 4) is 16.9 Å². The largest absolute Gasteiger partial charge is 0.471 e. The van der Waals surface area contributed by atoms with Crippen LogP contribution >= 0.6 is 11.6 Å². The molecule has 4 aromatic rings. The molecule has 0 aliphatic heterocycles. The topological polar surface area (TPSA) is 56.1 Å². The molecule has 0 bridgehead atoms. The van der Waals surface area contributed by atoms with Crippen LogP contribution in [0.4, 0.5) is 5.69 Å². The van der Waals surface area contributed by atoms with Gasteiger partial charge in [-0.25, -0.2) is 4.68 Å². The first-order valence-corrected chi connectivity index (χ1v) is 10.3. The van der Waals surface area contributed by atoms with E-state index in [4.69, 9.17) is 16.3 Å². The lowest BCUT2D eigenvalue weighted by atomic mass is 10.1. The molecule has 0 aliphatic rings. The van der Waals surface area contributed by atoms with Crippen LogP contribution < -0.4 is 10.1 Å². The molecule has 0 spiro atoms. The third-order valence-electron chi connectivity index (χ3n) is 4.90. The van der Waals surface area contributed by atoms with Crippen molar-refractivity contribution in [2.24, 2.45) is 0 Å². The number of anilines is 1. The first-order chi connectivity index (χ1) is 15.0. The van der Waals surface area contributed by atoms with Crippen LogP contribution in [0.2, 0.25) is 5.02 Å². The Kier molecular flexibility index (Phi) is 6.05. The number of benzene rings is 3. The molecule has 1 aromatic heterocycles. The Hall–Kier alpha value is -3.57. The van der Waals surface area contributed by atoms with E-state index in [0.29, 0.717) is 17.1 Å². The molecule has 6 heteroatoms. The summed E-state index contributed by atoms with van der Waals surface area (Å²) in [4.78, 5) is 12.5. The highest BCUT2D eigenvalue weighted by molar-refractivity contribution is 6.32. The summed E-state index contributed by atoms with van der Waals surface area (Å²) in [5.74, 6) is 0.434. The van der Waals surface area contributed by atoms with E-state index in [-0.39, 0.29) is 12.6 Å². The third-order valence-corrected chi connectivity index (χ3v) is 5.49. The van der Waals surface area contributed by atoms with Crippen molar-refractivity contribution in [1.82, 2.24) is 9.78 Å². The minimum Gasteiger partial charge on any atom is -0.471 e. The van der Waals surface area contributed by atoms with Crippen LogP contribution in [0.25, 0.3) is 11.1 Å². The fraction of sp³-hybridized carbons (Fsp3) is 0.120. The van der Waals surface area contributed by atoms with Gasteiger partial charge in [-0.05, 0) is 66.4 Å². The van der Waals surface area contributed by atoms with E-state index in [1.165, 1.54) is 0 Å². The van der Waals surface area contributed by atoms with E-state index in [1.54, 1.807) is 16.9 Å². The number of amides is 1. The SMILES string of the molecule is Cc1cc(OCn2ccc(C(=O)Nc3ccc(-c4ccccc4)cc3)n2)cc(C)c1Cl. The number of aryl methyl sites for hydroxylation is 2. The van der Waals surface area contributed by atoms with Gasteiger partial charge in [0, 0.05) is 16.9 Å². The van der Waals surface area contributed by atoms with Gasteiger partial charge in [-0.2, -0.15) is 5.10 Å². The minimum atomic E-state index is -0.274. The quantitative estimate of drug-likeness (QED) is 0.400. The first-order valence-electron chi connectivity index (χ1n) is 9.89. The van der Waals surface area contributed by atoms with Crippen LogP contribution in [0, 0.1) is 13.8 Å². The molecule has 4 rings (SSSR count). The van der Waals surface area contributed by atoms with Gasteiger partial charge in [-0.1, -0.05) is 54.1 Å². The molecule has 0 radical (unpaired) electrons. The molecule has 0 unspecified atom stereocenters. The Balaban J connectivity index is 1.37. The smallest absolute Gasteiger partial charge is 0.276 e. The number of carbonyl (C=O) groups is 1. The fourth-order valence-electron chi connectivity index (χ4n) is 3.26. The van der Waals surface area contributed by atoms with E-state index < -0.39 is 0 Å². The number of hydrogen-bond acceptors (Lipinski definition) is 3. The van der Waals surface area contributed by atoms with E-state index in [2.05, 4.69) is 22.5 Å². The Morgan fingerprint density at radius 1 is 0.968 bits per heavy atom. The second kappa shape index (κ2) is 9.06. The molecule has 0 saturated carbocycles. The average Bonchev–Trinajstić information content (AvgIpc) is 3.26. The van der Waals surface area contributed by atoms with Crippen molar-refractivity contribution in [2.45, 2.75) is 20.6 Å². The zero-order chi connectivity index (χ0) is 21.8. The molecule has 5 nitrogen and oxygen atoms in total. The number of ether oxygens (including phenoxy) is 1. The molecule has 156 valence electrons. The Morgan fingerprint density at radius 2 is 1.61 bits per heavy atom. The molecule has 3 aromatic carbocycles. The molecule has 0 saturated heterocycles. The van der Waals surface area contributed by atoms with Crippen molar-refractivity contribution in [2.75, 3.05) is 5.32 Å². The second-order valence-corrected chi connectivity index (χ2v) is 7.66. The van der Waals surface area contributed by atoms with Crippen molar-refractivity contribution in [3.05, 3.63) is 101 Å². The summed E-state index contributed by atoms with van der Waals surface area (Å²) in [6.45, 7) is 4.06. The molecular formula is C25H22ClN3O2. The number of carbonyl (C=O) groups excluding carboxylic acids is 1. The van der Waals surface area contributed by atoms with Gasteiger partial charge in [0.1, 0.15) is 5.75 Å². The highest BCUT2D eigenvalue weighted by Gasteiger charge is 2.11. The van der Waals surface area contributed by atoms with E-state index >= 15 is 0 Å². The van der Waals surface area contributed by atoms with Crippen LogP contribution in [0.5, 0.6) is 5.75 Å². The standard InChI is InChI=1S/C25H22ClN3O2/c1-17-14-22(15-18(2)24(17)26)31-16-29-13-12-23(28-29)25(30)27-21-10-8-20(9-11-21)19-6-4-3-5-7-19/h3-15H,16H2,1-2H3,(H,27,30). The number of aromatic nitrogens is 2. The van der Waals surface area contributed by atoms with Gasteiger partial charge in [-0.3, -0.25) is 4.79 Å². The second-order valence-electron chi connectivity index (χ2n) is 7.28. The maximum Gasteiger partial charge on any atom is 0.276 e.